The number of benzene rings is 1. The molecule has 0 saturated carbocycles. The minimum atomic E-state index is -0.311. The summed E-state index contributed by atoms with van der Waals surface area (Å²) in [7, 11) is 1.88. The number of nitrogens with one attached hydrogen (secondary N) is 1. The lowest BCUT2D eigenvalue weighted by Crippen LogP contribution is -2.29. The number of fused-ring (bicyclic) bond motifs is 1. The maximum atomic E-state index is 12.4. The van der Waals surface area contributed by atoms with Gasteiger partial charge in [0.15, 0.2) is 11.9 Å². The largest absolute Gasteiger partial charge is 0.489 e. The van der Waals surface area contributed by atoms with Crippen LogP contribution in [0.15, 0.2) is 70.8 Å². The predicted octanol–water partition coefficient (Wildman–Crippen LogP) is 3.18. The van der Waals surface area contributed by atoms with Gasteiger partial charge in [0.1, 0.15) is 17.9 Å². The van der Waals surface area contributed by atoms with E-state index >= 15 is 0 Å². The van der Waals surface area contributed by atoms with E-state index in [-0.39, 0.29) is 24.3 Å². The highest BCUT2D eigenvalue weighted by molar-refractivity contribution is 5.98. The molecule has 3 aromatic heterocycles. The molecule has 5 rings (SSSR count). The Morgan fingerprint density at radius 2 is 2.19 bits per heavy atom. The number of oxime groups is 1. The van der Waals surface area contributed by atoms with Crippen molar-refractivity contribution in [3.05, 3.63) is 66.9 Å². The van der Waals surface area contributed by atoms with Crippen LogP contribution < -0.4 is 10.1 Å². The van der Waals surface area contributed by atoms with Crippen LogP contribution in [0.25, 0.3) is 22.1 Å². The molecule has 4 aromatic rings. The predicted molar refractivity (Wildman–Crippen MR) is 117 cm³/mol. The number of furan rings is 1. The molecule has 32 heavy (non-hydrogen) atoms. The van der Waals surface area contributed by atoms with E-state index in [2.05, 4.69) is 20.6 Å². The third-order valence-corrected chi connectivity index (χ3v) is 5.12. The van der Waals surface area contributed by atoms with Crippen molar-refractivity contribution in [2.45, 2.75) is 12.5 Å². The second kappa shape index (κ2) is 8.54. The normalized spacial score (nSPS) is 15.4. The quantitative estimate of drug-likeness (QED) is 0.482. The van der Waals surface area contributed by atoms with Gasteiger partial charge in [-0.15, -0.1) is 0 Å². The first-order chi connectivity index (χ1) is 15.7. The van der Waals surface area contributed by atoms with Gasteiger partial charge in [-0.3, -0.25) is 14.5 Å². The number of hydrogen-bond acceptors (Lipinski definition) is 7. The van der Waals surface area contributed by atoms with Crippen molar-refractivity contribution in [3.63, 3.8) is 0 Å². The number of rotatable bonds is 7. The van der Waals surface area contributed by atoms with Crippen molar-refractivity contribution in [2.24, 2.45) is 12.2 Å². The summed E-state index contributed by atoms with van der Waals surface area (Å²) < 4.78 is 13.3. The molecule has 1 aliphatic heterocycles. The van der Waals surface area contributed by atoms with Crippen LogP contribution in [0.2, 0.25) is 0 Å². The van der Waals surface area contributed by atoms with Gasteiger partial charge in [-0.2, -0.15) is 5.10 Å². The Labute approximate surface area is 183 Å². The fourth-order valence-corrected chi connectivity index (χ4v) is 3.52. The Balaban J connectivity index is 1.13. The molecule has 1 unspecified atom stereocenters. The third kappa shape index (κ3) is 4.18. The summed E-state index contributed by atoms with van der Waals surface area (Å²) in [4.78, 5) is 21.9. The number of aryl methyl sites for hydroxylation is 1. The number of aromatic nitrogens is 3. The number of amides is 1. The Hall–Kier alpha value is -4.14. The van der Waals surface area contributed by atoms with Crippen LogP contribution in [0.5, 0.6) is 5.75 Å². The van der Waals surface area contributed by atoms with Crippen LogP contribution in [-0.4, -0.2) is 45.6 Å². The van der Waals surface area contributed by atoms with E-state index in [9.17, 15) is 4.79 Å². The topological polar surface area (TPSA) is 104 Å². The van der Waals surface area contributed by atoms with Crippen LogP contribution in [0, 0.1) is 0 Å². The van der Waals surface area contributed by atoms with Crippen LogP contribution in [0.4, 0.5) is 0 Å². The smallest absolute Gasteiger partial charge is 0.287 e. The van der Waals surface area contributed by atoms with Crippen molar-refractivity contribution >= 4 is 22.6 Å². The molecule has 1 atom stereocenters. The average Bonchev–Trinajstić information content (AvgIpc) is 3.55. The SMILES string of the molecule is Cn1cc(-c2ccccc2OCC2CC(CNC(=O)c3cc4cnccc4o3)=NO2)cn1. The molecule has 4 heterocycles. The van der Waals surface area contributed by atoms with Crippen LogP contribution >= 0.6 is 0 Å². The summed E-state index contributed by atoms with van der Waals surface area (Å²) in [5, 5.41) is 11.9. The second-order valence-electron chi connectivity index (χ2n) is 7.51. The first-order valence-electron chi connectivity index (χ1n) is 10.2. The number of para-hydroxylation sites is 1. The molecule has 0 saturated heterocycles. The number of carbonyl (C=O) groups is 1. The lowest BCUT2D eigenvalue weighted by atomic mass is 10.1. The lowest BCUT2D eigenvalue weighted by Gasteiger charge is -2.13. The highest BCUT2D eigenvalue weighted by Gasteiger charge is 2.23. The van der Waals surface area contributed by atoms with Gasteiger partial charge in [-0.25, -0.2) is 0 Å². The standard InChI is InChI=1S/C23H21N5O4/c1-28-13-16(11-26-28)19-4-2-3-5-21(19)30-14-18-9-17(27-32-18)12-25-23(29)22-8-15-10-24-7-6-20(15)31-22/h2-8,10-11,13,18H,9,12,14H2,1H3,(H,25,29). The molecule has 1 N–H and O–H groups in total. The molecular formula is C23H21N5O4. The summed E-state index contributed by atoms with van der Waals surface area (Å²) in [5.74, 6) is 0.679. The molecule has 1 aliphatic rings. The fourth-order valence-electron chi connectivity index (χ4n) is 3.52. The van der Waals surface area contributed by atoms with Crippen LogP contribution in [0.1, 0.15) is 17.0 Å². The van der Waals surface area contributed by atoms with E-state index in [1.807, 2.05) is 37.5 Å². The first kappa shape index (κ1) is 19.8. The Bertz CT molecular complexity index is 1260. The second-order valence-corrected chi connectivity index (χ2v) is 7.51. The number of ether oxygens (including phenoxy) is 1. The zero-order chi connectivity index (χ0) is 21.9. The maximum absolute atomic E-state index is 12.4. The Morgan fingerprint density at radius 3 is 3.03 bits per heavy atom. The summed E-state index contributed by atoms with van der Waals surface area (Å²) in [5.41, 5.74) is 3.31. The molecule has 0 bridgehead atoms. The number of hydrogen-bond donors (Lipinski definition) is 1. The molecular weight excluding hydrogens is 410 g/mol. The summed E-state index contributed by atoms with van der Waals surface area (Å²) in [6.45, 7) is 0.617. The summed E-state index contributed by atoms with van der Waals surface area (Å²) in [6.07, 6.45) is 7.37. The van der Waals surface area contributed by atoms with Gasteiger partial charge < -0.3 is 19.3 Å². The van der Waals surface area contributed by atoms with Gasteiger partial charge in [-0.1, -0.05) is 23.4 Å². The van der Waals surface area contributed by atoms with Crippen molar-refractivity contribution in [1.29, 1.82) is 0 Å². The minimum absolute atomic E-state index is 0.221. The average molecular weight is 431 g/mol. The monoisotopic (exact) mass is 431 g/mol. The zero-order valence-electron chi connectivity index (χ0n) is 17.4. The van der Waals surface area contributed by atoms with Crippen LogP contribution in [-0.2, 0) is 11.9 Å². The molecule has 9 nitrogen and oxygen atoms in total. The third-order valence-electron chi connectivity index (χ3n) is 5.12. The van der Waals surface area contributed by atoms with E-state index < -0.39 is 0 Å². The molecule has 1 aromatic carbocycles. The number of carbonyl (C=O) groups excluding carboxylic acids is 1. The van der Waals surface area contributed by atoms with Gasteiger partial charge in [0.05, 0.1) is 18.5 Å². The Morgan fingerprint density at radius 1 is 1.28 bits per heavy atom. The zero-order valence-corrected chi connectivity index (χ0v) is 17.4. The summed E-state index contributed by atoms with van der Waals surface area (Å²) >= 11 is 0. The maximum Gasteiger partial charge on any atom is 0.287 e. The Kier molecular flexibility index (Phi) is 5.29. The number of nitrogens with zero attached hydrogens (tertiary/aromatic N) is 4. The van der Waals surface area contributed by atoms with Gasteiger partial charge in [0, 0.05) is 48.6 Å². The van der Waals surface area contributed by atoms with Crippen LogP contribution in [0.3, 0.4) is 0 Å². The lowest BCUT2D eigenvalue weighted by molar-refractivity contribution is 0.0472. The van der Waals surface area contributed by atoms with Gasteiger partial charge in [-0.05, 0) is 18.2 Å². The van der Waals surface area contributed by atoms with Crippen molar-refractivity contribution in [2.75, 3.05) is 13.2 Å². The molecule has 1 amide bonds. The molecule has 162 valence electrons. The highest BCUT2D eigenvalue weighted by Crippen LogP contribution is 2.29. The minimum Gasteiger partial charge on any atom is -0.489 e. The van der Waals surface area contributed by atoms with Crippen molar-refractivity contribution in [3.8, 4) is 16.9 Å². The van der Waals surface area contributed by atoms with Crippen molar-refractivity contribution in [1.82, 2.24) is 20.1 Å². The van der Waals surface area contributed by atoms with E-state index in [0.717, 1.165) is 28.0 Å². The number of pyridine rings is 1. The first-order valence-corrected chi connectivity index (χ1v) is 10.2. The van der Waals surface area contributed by atoms with Gasteiger partial charge >= 0.3 is 0 Å². The fraction of sp³-hybridized carbons (Fsp3) is 0.217. The van der Waals surface area contributed by atoms with Gasteiger partial charge in [0.25, 0.3) is 5.91 Å². The molecule has 0 fully saturated rings. The van der Waals surface area contributed by atoms with E-state index in [0.29, 0.717) is 18.6 Å². The highest BCUT2D eigenvalue weighted by atomic mass is 16.7. The van der Waals surface area contributed by atoms with E-state index in [1.54, 1.807) is 35.4 Å². The van der Waals surface area contributed by atoms with E-state index in [4.69, 9.17) is 14.0 Å². The van der Waals surface area contributed by atoms with Crippen molar-refractivity contribution < 1.29 is 18.8 Å². The summed E-state index contributed by atoms with van der Waals surface area (Å²) in [6, 6.07) is 11.2. The van der Waals surface area contributed by atoms with E-state index in [1.165, 1.54) is 0 Å². The van der Waals surface area contributed by atoms with Gasteiger partial charge in [0.2, 0.25) is 0 Å². The molecule has 0 aliphatic carbocycles. The molecule has 0 radical (unpaired) electrons. The molecule has 0 spiro atoms. The molecule has 9 heteroatoms.